The highest BCUT2D eigenvalue weighted by molar-refractivity contribution is 4.89. The lowest BCUT2D eigenvalue weighted by atomic mass is 9.87. The standard InChI is InChI=1S/C14H27NO/c1-14(2)8-3-5-13(14)15-9-4-10-16-11-12-6-7-12/h12-13,15H,3-11H2,1-2H3. The minimum Gasteiger partial charge on any atom is -0.381 e. The molecular weight excluding hydrogens is 198 g/mol. The number of nitrogens with one attached hydrogen (secondary N) is 1. The van der Waals surface area contributed by atoms with Crippen LogP contribution in [0.1, 0.15) is 52.4 Å². The Kier molecular flexibility index (Phi) is 4.26. The van der Waals surface area contributed by atoms with Gasteiger partial charge in [-0.3, -0.25) is 0 Å². The van der Waals surface area contributed by atoms with Gasteiger partial charge in [-0.25, -0.2) is 0 Å². The smallest absolute Gasteiger partial charge is 0.0494 e. The van der Waals surface area contributed by atoms with Gasteiger partial charge in [-0.2, -0.15) is 0 Å². The molecule has 0 radical (unpaired) electrons. The molecule has 16 heavy (non-hydrogen) atoms. The molecule has 0 saturated heterocycles. The molecule has 1 unspecified atom stereocenters. The Balaban J connectivity index is 1.47. The summed E-state index contributed by atoms with van der Waals surface area (Å²) in [4.78, 5) is 0. The molecule has 1 N–H and O–H groups in total. The molecule has 2 fully saturated rings. The van der Waals surface area contributed by atoms with Crippen LogP contribution in [-0.4, -0.2) is 25.8 Å². The van der Waals surface area contributed by atoms with Crippen molar-refractivity contribution in [2.45, 2.75) is 58.4 Å². The van der Waals surface area contributed by atoms with Crippen LogP contribution < -0.4 is 5.32 Å². The van der Waals surface area contributed by atoms with Crippen molar-refractivity contribution >= 4 is 0 Å². The Morgan fingerprint density at radius 3 is 2.69 bits per heavy atom. The van der Waals surface area contributed by atoms with Crippen molar-refractivity contribution in [2.24, 2.45) is 11.3 Å². The molecule has 0 spiro atoms. The first-order valence-electron chi connectivity index (χ1n) is 6.99. The summed E-state index contributed by atoms with van der Waals surface area (Å²) in [7, 11) is 0. The first-order chi connectivity index (χ1) is 7.68. The van der Waals surface area contributed by atoms with Gasteiger partial charge in [-0.1, -0.05) is 20.3 Å². The van der Waals surface area contributed by atoms with Crippen LogP contribution in [0.5, 0.6) is 0 Å². The van der Waals surface area contributed by atoms with E-state index in [0.29, 0.717) is 5.41 Å². The summed E-state index contributed by atoms with van der Waals surface area (Å²) in [6.07, 6.45) is 8.09. The van der Waals surface area contributed by atoms with Crippen LogP contribution in [0, 0.1) is 11.3 Å². The Morgan fingerprint density at radius 2 is 2.06 bits per heavy atom. The van der Waals surface area contributed by atoms with Gasteiger partial charge >= 0.3 is 0 Å². The molecule has 0 aromatic heterocycles. The fraction of sp³-hybridized carbons (Fsp3) is 1.00. The molecule has 0 heterocycles. The molecule has 2 aliphatic carbocycles. The SMILES string of the molecule is CC1(C)CCCC1NCCCOCC1CC1. The molecule has 0 aliphatic heterocycles. The second-order valence-electron chi connectivity index (χ2n) is 6.26. The Hall–Kier alpha value is -0.0800. The monoisotopic (exact) mass is 225 g/mol. The maximum atomic E-state index is 5.63. The molecule has 2 nitrogen and oxygen atoms in total. The van der Waals surface area contributed by atoms with E-state index in [0.717, 1.165) is 31.7 Å². The molecule has 0 amide bonds. The van der Waals surface area contributed by atoms with Gasteiger partial charge in [-0.15, -0.1) is 0 Å². The average molecular weight is 225 g/mol. The largest absolute Gasteiger partial charge is 0.381 e. The molecule has 94 valence electrons. The lowest BCUT2D eigenvalue weighted by Gasteiger charge is -2.28. The van der Waals surface area contributed by atoms with Gasteiger partial charge in [0.15, 0.2) is 0 Å². The zero-order valence-electron chi connectivity index (χ0n) is 10.9. The number of rotatable bonds is 7. The van der Waals surface area contributed by atoms with Crippen LogP contribution >= 0.6 is 0 Å². The molecular formula is C14H27NO. The molecule has 0 aromatic carbocycles. The van der Waals surface area contributed by atoms with Crippen molar-refractivity contribution in [1.29, 1.82) is 0 Å². The lowest BCUT2D eigenvalue weighted by Crippen LogP contribution is -2.38. The maximum Gasteiger partial charge on any atom is 0.0494 e. The van der Waals surface area contributed by atoms with E-state index in [2.05, 4.69) is 19.2 Å². The molecule has 2 aliphatic rings. The van der Waals surface area contributed by atoms with Crippen LogP contribution in [-0.2, 0) is 4.74 Å². The van der Waals surface area contributed by atoms with Gasteiger partial charge in [0, 0.05) is 19.3 Å². The summed E-state index contributed by atoms with van der Waals surface area (Å²) in [5.41, 5.74) is 0.509. The van der Waals surface area contributed by atoms with E-state index < -0.39 is 0 Å². The predicted octanol–water partition coefficient (Wildman–Crippen LogP) is 2.97. The first-order valence-corrected chi connectivity index (χ1v) is 6.99. The van der Waals surface area contributed by atoms with Crippen LogP contribution in [0.3, 0.4) is 0 Å². The predicted molar refractivity (Wildman–Crippen MR) is 67.6 cm³/mol. The fourth-order valence-electron chi connectivity index (χ4n) is 2.69. The normalized spacial score (nSPS) is 28.5. The van der Waals surface area contributed by atoms with Gasteiger partial charge in [0.2, 0.25) is 0 Å². The average Bonchev–Trinajstić information content (AvgIpc) is 2.98. The minimum atomic E-state index is 0.509. The summed E-state index contributed by atoms with van der Waals surface area (Å²) in [6, 6.07) is 0.732. The number of hydrogen-bond donors (Lipinski definition) is 1. The molecule has 0 bridgehead atoms. The summed E-state index contributed by atoms with van der Waals surface area (Å²) >= 11 is 0. The molecule has 2 heteroatoms. The van der Waals surface area contributed by atoms with E-state index in [-0.39, 0.29) is 0 Å². The van der Waals surface area contributed by atoms with Crippen molar-refractivity contribution < 1.29 is 4.74 Å². The van der Waals surface area contributed by atoms with Crippen molar-refractivity contribution in [2.75, 3.05) is 19.8 Å². The van der Waals surface area contributed by atoms with Crippen LogP contribution in [0.4, 0.5) is 0 Å². The van der Waals surface area contributed by atoms with E-state index in [4.69, 9.17) is 4.74 Å². The molecule has 0 aromatic rings. The van der Waals surface area contributed by atoms with Crippen LogP contribution in [0.25, 0.3) is 0 Å². The maximum absolute atomic E-state index is 5.63. The highest BCUT2D eigenvalue weighted by Crippen LogP contribution is 2.37. The van der Waals surface area contributed by atoms with Crippen molar-refractivity contribution in [3.8, 4) is 0 Å². The highest BCUT2D eigenvalue weighted by Gasteiger charge is 2.33. The fourth-order valence-corrected chi connectivity index (χ4v) is 2.69. The molecule has 2 saturated carbocycles. The second-order valence-corrected chi connectivity index (χ2v) is 6.26. The van der Waals surface area contributed by atoms with Gasteiger partial charge in [-0.05, 0) is 50.0 Å². The van der Waals surface area contributed by atoms with Crippen molar-refractivity contribution in [3.63, 3.8) is 0 Å². The molecule has 2 rings (SSSR count). The van der Waals surface area contributed by atoms with Gasteiger partial charge < -0.3 is 10.1 Å². The quantitative estimate of drug-likeness (QED) is 0.673. The third kappa shape index (κ3) is 3.74. The number of ether oxygens (including phenoxy) is 1. The third-order valence-electron chi connectivity index (χ3n) is 4.16. The van der Waals surface area contributed by atoms with E-state index >= 15 is 0 Å². The first kappa shape index (κ1) is 12.4. The summed E-state index contributed by atoms with van der Waals surface area (Å²) in [5.74, 6) is 0.904. The van der Waals surface area contributed by atoms with Crippen molar-refractivity contribution in [1.82, 2.24) is 5.32 Å². The van der Waals surface area contributed by atoms with Gasteiger partial charge in [0.05, 0.1) is 0 Å². The lowest BCUT2D eigenvalue weighted by molar-refractivity contribution is 0.120. The Labute approximate surface area is 100 Å². The van der Waals surface area contributed by atoms with Gasteiger partial charge in [0.25, 0.3) is 0 Å². The minimum absolute atomic E-state index is 0.509. The molecule has 1 atom stereocenters. The Bertz CT molecular complexity index is 211. The van der Waals surface area contributed by atoms with Crippen molar-refractivity contribution in [3.05, 3.63) is 0 Å². The van der Waals surface area contributed by atoms with Crippen LogP contribution in [0.2, 0.25) is 0 Å². The summed E-state index contributed by atoms with van der Waals surface area (Å²) < 4.78 is 5.63. The highest BCUT2D eigenvalue weighted by atomic mass is 16.5. The third-order valence-corrected chi connectivity index (χ3v) is 4.16. The summed E-state index contributed by atoms with van der Waals surface area (Å²) in [5, 5.41) is 3.70. The second kappa shape index (κ2) is 5.50. The van der Waals surface area contributed by atoms with E-state index in [9.17, 15) is 0 Å². The number of hydrogen-bond acceptors (Lipinski definition) is 2. The van der Waals surface area contributed by atoms with Gasteiger partial charge in [0.1, 0.15) is 0 Å². The zero-order chi connectivity index (χ0) is 11.4. The summed E-state index contributed by atoms with van der Waals surface area (Å²) in [6.45, 7) is 7.85. The van der Waals surface area contributed by atoms with E-state index in [1.807, 2.05) is 0 Å². The van der Waals surface area contributed by atoms with E-state index in [1.54, 1.807) is 0 Å². The topological polar surface area (TPSA) is 21.3 Å². The zero-order valence-corrected chi connectivity index (χ0v) is 10.9. The Morgan fingerprint density at radius 1 is 1.25 bits per heavy atom. The van der Waals surface area contributed by atoms with Crippen LogP contribution in [0.15, 0.2) is 0 Å². The van der Waals surface area contributed by atoms with E-state index in [1.165, 1.54) is 38.5 Å².